The maximum Gasteiger partial charge on any atom is 0.0838 e. The molecule has 0 unspecified atom stereocenters. The summed E-state index contributed by atoms with van der Waals surface area (Å²) in [6, 6.07) is 6.06. The predicted molar refractivity (Wildman–Crippen MR) is 67.0 cm³/mol. The molecule has 0 spiro atoms. The summed E-state index contributed by atoms with van der Waals surface area (Å²) >= 11 is 3.44. The molecule has 0 radical (unpaired) electrons. The number of fused-ring (bicyclic) bond motifs is 1. The van der Waals surface area contributed by atoms with Gasteiger partial charge in [0.15, 0.2) is 0 Å². The Labute approximate surface area is 103 Å². The zero-order valence-electron chi connectivity index (χ0n) is 8.83. The summed E-state index contributed by atoms with van der Waals surface area (Å²) in [5.74, 6) is 0. The highest BCUT2D eigenvalue weighted by atomic mass is 79.9. The summed E-state index contributed by atoms with van der Waals surface area (Å²) < 4.78 is 1.05. The average Bonchev–Trinajstić information content (AvgIpc) is 2.58. The second-order valence-electron chi connectivity index (χ2n) is 4.56. The third-order valence-corrected chi connectivity index (χ3v) is 3.80. The van der Waals surface area contributed by atoms with Gasteiger partial charge in [-0.25, -0.2) is 0 Å². The molecule has 0 bridgehead atoms. The van der Waals surface area contributed by atoms with Gasteiger partial charge < -0.3 is 10.5 Å². The number of nitrogens with one attached hydrogen (secondary N) is 2. The van der Waals surface area contributed by atoms with Crippen molar-refractivity contribution >= 4 is 27.3 Å². The number of nitrogens with zero attached hydrogens (tertiary/aromatic N) is 1. The van der Waals surface area contributed by atoms with Gasteiger partial charge in [0.05, 0.1) is 23.5 Å². The number of β-amino-alcohol motifs (C(OH)–C–C–N with tert-alkyl or cyclic N) is 1. The van der Waals surface area contributed by atoms with E-state index in [4.69, 9.17) is 0 Å². The minimum absolute atomic E-state index is 0.511. The Balaban J connectivity index is 1.80. The van der Waals surface area contributed by atoms with Gasteiger partial charge in [-0.15, -0.1) is 5.53 Å². The lowest BCUT2D eigenvalue weighted by Gasteiger charge is -2.39. The molecule has 1 fully saturated rings. The normalized spacial score (nSPS) is 21.2. The second-order valence-corrected chi connectivity index (χ2v) is 5.48. The molecule has 0 aromatic heterocycles. The molecule has 1 aliphatic carbocycles. The molecular formula is C11H14BrN3O. The maximum atomic E-state index is 10.1. The van der Waals surface area contributed by atoms with Crippen molar-refractivity contribution in [2.75, 3.05) is 17.0 Å². The van der Waals surface area contributed by atoms with E-state index in [0.29, 0.717) is 6.54 Å². The van der Waals surface area contributed by atoms with Crippen LogP contribution in [0.15, 0.2) is 22.7 Å². The van der Waals surface area contributed by atoms with Crippen LogP contribution in [0.2, 0.25) is 0 Å². The molecular weight excluding hydrogens is 270 g/mol. The van der Waals surface area contributed by atoms with Gasteiger partial charge in [-0.05, 0) is 37.5 Å². The van der Waals surface area contributed by atoms with Crippen LogP contribution < -0.4 is 16.0 Å². The summed E-state index contributed by atoms with van der Waals surface area (Å²) in [5, 5.41) is 12.1. The summed E-state index contributed by atoms with van der Waals surface area (Å²) in [5.41, 5.74) is 7.79. The van der Waals surface area contributed by atoms with Gasteiger partial charge in [-0.3, -0.25) is 5.01 Å². The van der Waals surface area contributed by atoms with Gasteiger partial charge in [-0.2, -0.15) is 0 Å². The van der Waals surface area contributed by atoms with Crippen LogP contribution in [0, 0.1) is 0 Å². The fourth-order valence-corrected chi connectivity index (χ4v) is 2.55. The molecule has 0 amide bonds. The van der Waals surface area contributed by atoms with E-state index in [9.17, 15) is 5.11 Å². The number of rotatable bonds is 2. The Hall–Kier alpha value is -0.780. The molecule has 86 valence electrons. The monoisotopic (exact) mass is 283 g/mol. The van der Waals surface area contributed by atoms with Gasteiger partial charge in [0.25, 0.3) is 0 Å². The van der Waals surface area contributed by atoms with Crippen LogP contribution in [0.4, 0.5) is 11.4 Å². The lowest BCUT2D eigenvalue weighted by Crippen LogP contribution is -2.51. The van der Waals surface area contributed by atoms with Crippen LogP contribution in [0.25, 0.3) is 0 Å². The smallest absolute Gasteiger partial charge is 0.0838 e. The molecule has 4 nitrogen and oxygen atoms in total. The highest BCUT2D eigenvalue weighted by Gasteiger charge is 2.37. The van der Waals surface area contributed by atoms with Crippen LogP contribution in [0.5, 0.6) is 0 Å². The van der Waals surface area contributed by atoms with Crippen molar-refractivity contribution in [2.45, 2.75) is 24.9 Å². The Bertz CT molecular complexity index is 420. The number of benzene rings is 1. The van der Waals surface area contributed by atoms with E-state index < -0.39 is 5.60 Å². The molecule has 1 aromatic carbocycles. The second kappa shape index (κ2) is 3.61. The highest BCUT2D eigenvalue weighted by molar-refractivity contribution is 9.10. The van der Waals surface area contributed by atoms with Crippen LogP contribution in [-0.2, 0) is 0 Å². The highest BCUT2D eigenvalue weighted by Crippen LogP contribution is 2.37. The van der Waals surface area contributed by atoms with Crippen LogP contribution in [-0.4, -0.2) is 17.3 Å². The van der Waals surface area contributed by atoms with Crippen molar-refractivity contribution in [3.63, 3.8) is 0 Å². The van der Waals surface area contributed by atoms with E-state index in [1.54, 1.807) is 0 Å². The SMILES string of the molecule is OC1(CN2NNc3cc(Br)ccc32)CCC1. The molecule has 2 aliphatic rings. The standard InChI is InChI=1S/C11H14BrN3O/c12-8-2-3-10-9(6-8)13-14-15(10)7-11(16)4-1-5-11/h2-3,6,13-14,16H,1,4-5,7H2. The lowest BCUT2D eigenvalue weighted by molar-refractivity contribution is -0.0266. The molecule has 5 heteroatoms. The minimum atomic E-state index is -0.511. The first-order chi connectivity index (χ1) is 7.66. The molecule has 1 aliphatic heterocycles. The Morgan fingerprint density at radius 1 is 1.44 bits per heavy atom. The fourth-order valence-electron chi connectivity index (χ4n) is 2.19. The van der Waals surface area contributed by atoms with E-state index in [2.05, 4.69) is 26.9 Å². The third-order valence-electron chi connectivity index (χ3n) is 3.31. The molecule has 16 heavy (non-hydrogen) atoms. The molecule has 0 saturated heterocycles. The molecule has 0 atom stereocenters. The summed E-state index contributed by atoms with van der Waals surface area (Å²) in [6.07, 6.45) is 2.93. The number of hydrogen-bond acceptors (Lipinski definition) is 4. The summed E-state index contributed by atoms with van der Waals surface area (Å²) in [6.45, 7) is 0.634. The minimum Gasteiger partial charge on any atom is -0.388 e. The van der Waals surface area contributed by atoms with Gasteiger partial charge in [0.1, 0.15) is 0 Å². The van der Waals surface area contributed by atoms with Crippen molar-refractivity contribution in [3.05, 3.63) is 22.7 Å². The zero-order valence-corrected chi connectivity index (χ0v) is 10.4. The molecule has 1 saturated carbocycles. The van der Waals surface area contributed by atoms with E-state index >= 15 is 0 Å². The van der Waals surface area contributed by atoms with Crippen molar-refractivity contribution in [1.82, 2.24) is 5.53 Å². The number of aliphatic hydroxyl groups is 1. The van der Waals surface area contributed by atoms with E-state index in [1.807, 2.05) is 23.2 Å². The molecule has 1 aromatic rings. The summed E-state index contributed by atoms with van der Waals surface area (Å²) in [4.78, 5) is 0. The number of hydrazine groups is 2. The van der Waals surface area contributed by atoms with Gasteiger partial charge in [0, 0.05) is 4.47 Å². The summed E-state index contributed by atoms with van der Waals surface area (Å²) in [7, 11) is 0. The van der Waals surface area contributed by atoms with Gasteiger partial charge in [-0.1, -0.05) is 15.9 Å². The van der Waals surface area contributed by atoms with Crippen molar-refractivity contribution < 1.29 is 5.11 Å². The zero-order chi connectivity index (χ0) is 11.2. The molecule has 1 heterocycles. The molecule has 3 rings (SSSR count). The van der Waals surface area contributed by atoms with Crippen molar-refractivity contribution in [1.29, 1.82) is 0 Å². The van der Waals surface area contributed by atoms with Crippen LogP contribution in [0.3, 0.4) is 0 Å². The number of halogens is 1. The van der Waals surface area contributed by atoms with Crippen molar-refractivity contribution in [3.8, 4) is 0 Å². The van der Waals surface area contributed by atoms with Crippen molar-refractivity contribution in [2.24, 2.45) is 0 Å². The first-order valence-corrected chi connectivity index (χ1v) is 6.27. The van der Waals surface area contributed by atoms with E-state index in [-0.39, 0.29) is 0 Å². The predicted octanol–water partition coefficient (Wildman–Crippen LogP) is 2.02. The molecule has 3 N–H and O–H groups in total. The quantitative estimate of drug-likeness (QED) is 0.777. The first kappa shape index (κ1) is 10.4. The average molecular weight is 284 g/mol. The largest absolute Gasteiger partial charge is 0.388 e. The first-order valence-electron chi connectivity index (χ1n) is 5.47. The van der Waals surface area contributed by atoms with Crippen LogP contribution in [0.1, 0.15) is 19.3 Å². The van der Waals surface area contributed by atoms with E-state index in [0.717, 1.165) is 35.1 Å². The van der Waals surface area contributed by atoms with E-state index in [1.165, 1.54) is 0 Å². The van der Waals surface area contributed by atoms with Crippen LogP contribution >= 0.6 is 15.9 Å². The number of anilines is 2. The van der Waals surface area contributed by atoms with Gasteiger partial charge in [0.2, 0.25) is 0 Å². The lowest BCUT2D eigenvalue weighted by atomic mass is 9.80. The number of hydrogen-bond donors (Lipinski definition) is 3. The maximum absolute atomic E-state index is 10.1. The Kier molecular flexibility index (Phi) is 2.34. The topological polar surface area (TPSA) is 47.5 Å². The third kappa shape index (κ3) is 1.69. The Morgan fingerprint density at radius 2 is 2.25 bits per heavy atom. The van der Waals surface area contributed by atoms with Gasteiger partial charge >= 0.3 is 0 Å². The fraction of sp³-hybridized carbons (Fsp3) is 0.455. The Morgan fingerprint density at radius 3 is 2.94 bits per heavy atom.